The molecule has 24 heavy (non-hydrogen) atoms. The van der Waals surface area contributed by atoms with Crippen LogP contribution in [0.3, 0.4) is 0 Å². The lowest BCUT2D eigenvalue weighted by Gasteiger charge is -2.17. The minimum absolute atomic E-state index is 0.125. The van der Waals surface area contributed by atoms with Crippen molar-refractivity contribution in [3.05, 3.63) is 72.2 Å². The zero-order valence-corrected chi connectivity index (χ0v) is 13.5. The highest BCUT2D eigenvalue weighted by atomic mass is 16.3. The van der Waals surface area contributed by atoms with Crippen molar-refractivity contribution in [2.45, 2.75) is 12.5 Å². The second kappa shape index (κ2) is 7.14. The average molecular weight is 324 g/mol. The van der Waals surface area contributed by atoms with Crippen molar-refractivity contribution in [2.24, 2.45) is 7.05 Å². The number of hydrogen-bond donors (Lipinski definition) is 2. The Balaban J connectivity index is 1.77. The Morgan fingerprint density at radius 3 is 2.58 bits per heavy atom. The number of benzene rings is 1. The van der Waals surface area contributed by atoms with E-state index in [1.54, 1.807) is 17.9 Å². The Morgan fingerprint density at radius 1 is 1.21 bits per heavy atom. The molecule has 0 aliphatic carbocycles. The maximum absolute atomic E-state index is 12.6. The Labute approximate surface area is 140 Å². The molecule has 1 amide bonds. The number of nitrogens with one attached hydrogen (secondary N) is 1. The lowest BCUT2D eigenvalue weighted by Crippen LogP contribution is -2.39. The molecule has 0 bridgehead atoms. The lowest BCUT2D eigenvalue weighted by atomic mass is 10.1. The van der Waals surface area contributed by atoms with Crippen LogP contribution >= 0.6 is 0 Å². The molecule has 2 N–H and O–H groups in total. The standard InChI is InChI=1S/C18H20N4O2/c1-21-18(22-9-5-6-10-22)16(12-19-21)17(24)20-15(13-23)11-14-7-3-2-4-8-14/h2-10,12,15,23H,11,13H2,1H3,(H,20,24)/t15-/m1/s1. The number of aliphatic hydroxyl groups is 1. The molecule has 1 atom stereocenters. The van der Waals surface area contributed by atoms with Gasteiger partial charge in [0.1, 0.15) is 11.4 Å². The van der Waals surface area contributed by atoms with Crippen LogP contribution < -0.4 is 5.32 Å². The second-order valence-corrected chi connectivity index (χ2v) is 5.64. The molecule has 3 rings (SSSR count). The number of rotatable bonds is 6. The first-order valence-corrected chi connectivity index (χ1v) is 7.80. The first-order valence-electron chi connectivity index (χ1n) is 7.80. The third-order valence-corrected chi connectivity index (χ3v) is 3.88. The molecule has 1 aromatic carbocycles. The molecule has 6 nitrogen and oxygen atoms in total. The van der Waals surface area contributed by atoms with Crippen molar-refractivity contribution in [3.63, 3.8) is 0 Å². The van der Waals surface area contributed by atoms with Gasteiger partial charge in [0.15, 0.2) is 0 Å². The molecule has 2 aromatic heterocycles. The van der Waals surface area contributed by atoms with E-state index >= 15 is 0 Å². The van der Waals surface area contributed by atoms with E-state index in [2.05, 4.69) is 10.4 Å². The van der Waals surface area contributed by atoms with E-state index in [0.29, 0.717) is 17.8 Å². The third kappa shape index (κ3) is 3.38. The van der Waals surface area contributed by atoms with E-state index in [9.17, 15) is 9.90 Å². The van der Waals surface area contributed by atoms with Gasteiger partial charge in [0.05, 0.1) is 18.8 Å². The van der Waals surface area contributed by atoms with Gasteiger partial charge in [-0.15, -0.1) is 0 Å². The number of carbonyl (C=O) groups excluding carboxylic acids is 1. The zero-order chi connectivity index (χ0) is 16.9. The highest BCUT2D eigenvalue weighted by Crippen LogP contribution is 2.14. The van der Waals surface area contributed by atoms with Crippen LogP contribution in [0, 0.1) is 0 Å². The largest absolute Gasteiger partial charge is 0.394 e. The van der Waals surface area contributed by atoms with E-state index in [0.717, 1.165) is 5.56 Å². The summed E-state index contributed by atoms with van der Waals surface area (Å²) in [6.07, 6.45) is 5.84. The fraction of sp³-hybridized carbons (Fsp3) is 0.222. The molecule has 0 fully saturated rings. The van der Waals surface area contributed by atoms with E-state index in [-0.39, 0.29) is 18.6 Å². The molecule has 0 radical (unpaired) electrons. The van der Waals surface area contributed by atoms with Crippen LogP contribution in [0.5, 0.6) is 0 Å². The van der Waals surface area contributed by atoms with E-state index in [4.69, 9.17) is 0 Å². The molecule has 0 saturated heterocycles. The van der Waals surface area contributed by atoms with Crippen molar-refractivity contribution in [2.75, 3.05) is 6.61 Å². The van der Waals surface area contributed by atoms with Crippen LogP contribution in [0.15, 0.2) is 61.1 Å². The summed E-state index contributed by atoms with van der Waals surface area (Å²) in [5.41, 5.74) is 1.54. The number of amides is 1. The minimum Gasteiger partial charge on any atom is -0.394 e. The van der Waals surface area contributed by atoms with Gasteiger partial charge < -0.3 is 15.0 Å². The van der Waals surface area contributed by atoms with Crippen LogP contribution in [0.1, 0.15) is 15.9 Å². The molecule has 2 heterocycles. The van der Waals surface area contributed by atoms with Gasteiger partial charge in [-0.3, -0.25) is 9.48 Å². The highest BCUT2D eigenvalue weighted by molar-refractivity contribution is 5.97. The highest BCUT2D eigenvalue weighted by Gasteiger charge is 2.20. The molecule has 6 heteroatoms. The van der Waals surface area contributed by atoms with Gasteiger partial charge in [-0.05, 0) is 24.1 Å². The lowest BCUT2D eigenvalue weighted by molar-refractivity contribution is 0.0916. The van der Waals surface area contributed by atoms with Crippen molar-refractivity contribution < 1.29 is 9.90 Å². The summed E-state index contributed by atoms with van der Waals surface area (Å²) in [5.74, 6) is 0.440. The molecule has 0 unspecified atom stereocenters. The number of carbonyl (C=O) groups is 1. The van der Waals surface area contributed by atoms with E-state index < -0.39 is 0 Å². The summed E-state index contributed by atoms with van der Waals surface area (Å²) in [6, 6.07) is 13.2. The average Bonchev–Trinajstić information content (AvgIpc) is 3.24. The fourth-order valence-electron chi connectivity index (χ4n) is 2.70. The summed E-state index contributed by atoms with van der Waals surface area (Å²) in [7, 11) is 1.79. The number of aryl methyl sites for hydroxylation is 1. The predicted molar refractivity (Wildman–Crippen MR) is 91.0 cm³/mol. The number of nitrogens with zero attached hydrogens (tertiary/aromatic N) is 3. The minimum atomic E-state index is -0.349. The third-order valence-electron chi connectivity index (χ3n) is 3.88. The van der Waals surface area contributed by atoms with Gasteiger partial charge in [-0.2, -0.15) is 5.10 Å². The normalized spacial score (nSPS) is 12.1. The van der Waals surface area contributed by atoms with Crippen LogP contribution in [-0.4, -0.2) is 38.0 Å². The maximum Gasteiger partial charge on any atom is 0.257 e. The second-order valence-electron chi connectivity index (χ2n) is 5.64. The first kappa shape index (κ1) is 16.0. The molecule has 0 spiro atoms. The Hall–Kier alpha value is -2.86. The van der Waals surface area contributed by atoms with Crippen molar-refractivity contribution in [1.82, 2.24) is 19.7 Å². The number of aromatic nitrogens is 3. The summed E-state index contributed by atoms with van der Waals surface area (Å²) >= 11 is 0. The molecular formula is C18H20N4O2. The number of aliphatic hydroxyl groups excluding tert-OH is 1. The topological polar surface area (TPSA) is 72.1 Å². The smallest absolute Gasteiger partial charge is 0.257 e. The van der Waals surface area contributed by atoms with Crippen LogP contribution in [-0.2, 0) is 13.5 Å². The molecule has 0 aliphatic rings. The summed E-state index contributed by atoms with van der Waals surface area (Å²) < 4.78 is 3.49. The van der Waals surface area contributed by atoms with Crippen LogP contribution in [0.2, 0.25) is 0 Å². The monoisotopic (exact) mass is 324 g/mol. The molecule has 3 aromatic rings. The van der Waals surface area contributed by atoms with Gasteiger partial charge in [-0.25, -0.2) is 0 Å². The van der Waals surface area contributed by atoms with Crippen LogP contribution in [0.4, 0.5) is 0 Å². The fourth-order valence-corrected chi connectivity index (χ4v) is 2.70. The Morgan fingerprint density at radius 2 is 1.92 bits per heavy atom. The molecule has 124 valence electrons. The predicted octanol–water partition coefficient (Wildman–Crippen LogP) is 1.54. The van der Waals surface area contributed by atoms with Gasteiger partial charge in [0.2, 0.25) is 0 Å². The van der Waals surface area contributed by atoms with Gasteiger partial charge >= 0.3 is 0 Å². The molecular weight excluding hydrogens is 304 g/mol. The quantitative estimate of drug-likeness (QED) is 0.722. The summed E-state index contributed by atoms with van der Waals surface area (Å²) in [6.45, 7) is -0.125. The molecule has 0 saturated carbocycles. The van der Waals surface area contributed by atoms with Crippen molar-refractivity contribution >= 4 is 5.91 Å². The maximum atomic E-state index is 12.6. The van der Waals surface area contributed by atoms with Crippen molar-refractivity contribution in [1.29, 1.82) is 0 Å². The summed E-state index contributed by atoms with van der Waals surface area (Å²) in [5, 5.41) is 16.7. The van der Waals surface area contributed by atoms with E-state index in [1.165, 1.54) is 0 Å². The zero-order valence-electron chi connectivity index (χ0n) is 13.5. The van der Waals surface area contributed by atoms with Crippen molar-refractivity contribution in [3.8, 4) is 5.82 Å². The van der Waals surface area contributed by atoms with E-state index in [1.807, 2.05) is 59.4 Å². The first-order chi connectivity index (χ1) is 11.7. The van der Waals surface area contributed by atoms with Crippen LogP contribution in [0.25, 0.3) is 5.82 Å². The van der Waals surface area contributed by atoms with Gasteiger partial charge in [0.25, 0.3) is 5.91 Å². The SMILES string of the molecule is Cn1ncc(C(=O)N[C@@H](CO)Cc2ccccc2)c1-n1cccc1. The van der Waals surface area contributed by atoms with Gasteiger partial charge in [0, 0.05) is 19.4 Å². The Kier molecular flexibility index (Phi) is 4.77. The van der Waals surface area contributed by atoms with Gasteiger partial charge in [-0.1, -0.05) is 30.3 Å². The Bertz CT molecular complexity index is 794. The molecule has 0 aliphatic heterocycles. The number of hydrogen-bond acceptors (Lipinski definition) is 3. The summed E-state index contributed by atoms with van der Waals surface area (Å²) in [4.78, 5) is 12.6.